The number of nitrogens with zero attached hydrogens (tertiary/aromatic N) is 1. The van der Waals surface area contributed by atoms with Gasteiger partial charge in [0.05, 0.1) is 5.02 Å². The third kappa shape index (κ3) is 2.36. The number of hydrogen-bond donors (Lipinski definition) is 2. The summed E-state index contributed by atoms with van der Waals surface area (Å²) in [7, 11) is 1.91. The predicted molar refractivity (Wildman–Crippen MR) is 58.7 cm³/mol. The van der Waals surface area contributed by atoms with Gasteiger partial charge in [0, 0.05) is 18.8 Å². The Morgan fingerprint density at radius 2 is 2.36 bits per heavy atom. The Bertz CT molecular complexity index is 323. The van der Waals surface area contributed by atoms with Crippen molar-refractivity contribution in [3.63, 3.8) is 0 Å². The minimum absolute atomic E-state index is 0.593. The lowest BCUT2D eigenvalue weighted by Crippen LogP contribution is -2.07. The van der Waals surface area contributed by atoms with Crippen LogP contribution >= 0.6 is 11.6 Å². The van der Waals surface area contributed by atoms with Gasteiger partial charge in [-0.15, -0.1) is 0 Å². The average Bonchev–Trinajstić information content (AvgIpc) is 2.94. The summed E-state index contributed by atoms with van der Waals surface area (Å²) in [4.78, 5) is 4.29. The highest BCUT2D eigenvalue weighted by Crippen LogP contribution is 2.28. The van der Waals surface area contributed by atoms with Gasteiger partial charge >= 0.3 is 0 Å². The molecule has 1 fully saturated rings. The number of halogens is 1. The zero-order valence-corrected chi connectivity index (χ0v) is 8.93. The second-order valence-corrected chi connectivity index (χ2v) is 4.03. The van der Waals surface area contributed by atoms with E-state index in [9.17, 15) is 0 Å². The summed E-state index contributed by atoms with van der Waals surface area (Å²) in [6.07, 6.45) is 4.32. The molecule has 1 aliphatic carbocycles. The van der Waals surface area contributed by atoms with E-state index in [1.165, 1.54) is 12.8 Å². The summed E-state index contributed by atoms with van der Waals surface area (Å²) in [6.45, 7) is 0.802. The smallest absolute Gasteiger partial charge is 0.144 e. The Kier molecular flexibility index (Phi) is 2.89. The zero-order valence-electron chi connectivity index (χ0n) is 8.18. The van der Waals surface area contributed by atoms with Crippen LogP contribution in [-0.4, -0.2) is 18.1 Å². The SMILES string of the molecule is CNCc1cnc(NC2CC2)c(Cl)c1. The quantitative estimate of drug-likeness (QED) is 0.800. The first-order valence-corrected chi connectivity index (χ1v) is 5.23. The fourth-order valence-electron chi connectivity index (χ4n) is 1.31. The molecule has 14 heavy (non-hydrogen) atoms. The van der Waals surface area contributed by atoms with Crippen molar-refractivity contribution in [1.82, 2.24) is 10.3 Å². The molecular weight excluding hydrogens is 198 g/mol. The van der Waals surface area contributed by atoms with Crippen LogP contribution in [0.5, 0.6) is 0 Å². The summed E-state index contributed by atoms with van der Waals surface area (Å²) in [5, 5.41) is 7.07. The summed E-state index contributed by atoms with van der Waals surface area (Å²) in [5.74, 6) is 0.814. The fraction of sp³-hybridized carbons (Fsp3) is 0.500. The van der Waals surface area contributed by atoms with E-state index in [4.69, 9.17) is 11.6 Å². The van der Waals surface area contributed by atoms with Crippen LogP contribution in [0, 0.1) is 0 Å². The van der Waals surface area contributed by atoms with E-state index in [1.54, 1.807) is 0 Å². The van der Waals surface area contributed by atoms with E-state index in [0.717, 1.165) is 17.9 Å². The molecular formula is C10H14ClN3. The first kappa shape index (κ1) is 9.74. The van der Waals surface area contributed by atoms with Gasteiger partial charge in [-0.2, -0.15) is 0 Å². The van der Waals surface area contributed by atoms with Crippen molar-refractivity contribution < 1.29 is 0 Å². The van der Waals surface area contributed by atoms with E-state index in [-0.39, 0.29) is 0 Å². The molecule has 1 aromatic rings. The number of hydrogen-bond acceptors (Lipinski definition) is 3. The minimum atomic E-state index is 0.593. The van der Waals surface area contributed by atoms with E-state index in [2.05, 4.69) is 15.6 Å². The maximum absolute atomic E-state index is 6.08. The molecule has 1 aliphatic rings. The molecule has 0 radical (unpaired) electrons. The Morgan fingerprint density at radius 1 is 1.57 bits per heavy atom. The van der Waals surface area contributed by atoms with Crippen LogP contribution < -0.4 is 10.6 Å². The van der Waals surface area contributed by atoms with Gasteiger partial charge in [-0.25, -0.2) is 4.98 Å². The van der Waals surface area contributed by atoms with Crippen LogP contribution in [0.2, 0.25) is 5.02 Å². The zero-order chi connectivity index (χ0) is 9.97. The van der Waals surface area contributed by atoms with Gasteiger partial charge in [0.15, 0.2) is 0 Å². The van der Waals surface area contributed by atoms with E-state index >= 15 is 0 Å². The molecule has 3 nitrogen and oxygen atoms in total. The lowest BCUT2D eigenvalue weighted by molar-refractivity contribution is 0.813. The molecule has 0 bridgehead atoms. The maximum atomic E-state index is 6.08. The summed E-state index contributed by atoms with van der Waals surface area (Å²) >= 11 is 6.08. The van der Waals surface area contributed by atoms with E-state index in [0.29, 0.717) is 11.1 Å². The number of pyridine rings is 1. The van der Waals surface area contributed by atoms with Gasteiger partial charge in [-0.3, -0.25) is 0 Å². The van der Waals surface area contributed by atoms with Crippen LogP contribution in [0.3, 0.4) is 0 Å². The van der Waals surface area contributed by atoms with Gasteiger partial charge in [-0.05, 0) is 31.5 Å². The highest BCUT2D eigenvalue weighted by Gasteiger charge is 2.22. The maximum Gasteiger partial charge on any atom is 0.144 e. The number of rotatable bonds is 4. The van der Waals surface area contributed by atoms with Crippen molar-refractivity contribution in [2.45, 2.75) is 25.4 Å². The predicted octanol–water partition coefficient (Wildman–Crippen LogP) is 2.03. The molecule has 0 aromatic carbocycles. The van der Waals surface area contributed by atoms with Gasteiger partial charge < -0.3 is 10.6 Å². The second-order valence-electron chi connectivity index (χ2n) is 3.62. The van der Waals surface area contributed by atoms with Crippen molar-refractivity contribution in [3.05, 3.63) is 22.8 Å². The fourth-order valence-corrected chi connectivity index (χ4v) is 1.55. The summed E-state index contributed by atoms with van der Waals surface area (Å²) in [5.41, 5.74) is 1.11. The molecule has 0 spiro atoms. The van der Waals surface area contributed by atoms with Crippen LogP contribution in [0.25, 0.3) is 0 Å². The van der Waals surface area contributed by atoms with Gasteiger partial charge in [-0.1, -0.05) is 11.6 Å². The standard InChI is InChI=1S/C10H14ClN3/c1-12-5-7-4-9(11)10(13-6-7)14-8-2-3-8/h4,6,8,12H,2-3,5H2,1H3,(H,13,14). The molecule has 2 rings (SSSR count). The molecule has 2 N–H and O–H groups in total. The lowest BCUT2D eigenvalue weighted by Gasteiger charge is -2.07. The topological polar surface area (TPSA) is 37.0 Å². The van der Waals surface area contributed by atoms with Crippen molar-refractivity contribution in [2.75, 3.05) is 12.4 Å². The molecule has 0 saturated heterocycles. The summed E-state index contributed by atoms with van der Waals surface area (Å²) in [6, 6.07) is 2.55. The Morgan fingerprint density at radius 3 is 2.93 bits per heavy atom. The third-order valence-electron chi connectivity index (χ3n) is 2.20. The number of aromatic nitrogens is 1. The molecule has 76 valence electrons. The Labute approximate surface area is 88.9 Å². The number of nitrogens with one attached hydrogen (secondary N) is 2. The molecule has 4 heteroatoms. The number of anilines is 1. The van der Waals surface area contributed by atoms with Crippen LogP contribution in [0.15, 0.2) is 12.3 Å². The molecule has 0 unspecified atom stereocenters. The molecule has 0 amide bonds. The normalized spacial score (nSPS) is 15.6. The monoisotopic (exact) mass is 211 g/mol. The first-order valence-electron chi connectivity index (χ1n) is 4.85. The molecule has 0 aliphatic heterocycles. The van der Waals surface area contributed by atoms with Gasteiger partial charge in [0.1, 0.15) is 5.82 Å². The Balaban J connectivity index is 2.09. The molecule has 1 saturated carbocycles. The van der Waals surface area contributed by atoms with Crippen molar-refractivity contribution in [2.24, 2.45) is 0 Å². The summed E-state index contributed by atoms with van der Waals surface area (Å²) < 4.78 is 0. The van der Waals surface area contributed by atoms with Crippen molar-refractivity contribution >= 4 is 17.4 Å². The van der Waals surface area contributed by atoms with E-state index in [1.807, 2.05) is 19.3 Å². The molecule has 0 atom stereocenters. The lowest BCUT2D eigenvalue weighted by atomic mass is 10.3. The highest BCUT2D eigenvalue weighted by atomic mass is 35.5. The van der Waals surface area contributed by atoms with Crippen LogP contribution in [0.1, 0.15) is 18.4 Å². The second kappa shape index (κ2) is 4.15. The largest absolute Gasteiger partial charge is 0.366 e. The highest BCUT2D eigenvalue weighted by molar-refractivity contribution is 6.32. The van der Waals surface area contributed by atoms with Crippen molar-refractivity contribution in [3.8, 4) is 0 Å². The molecule has 1 aromatic heterocycles. The van der Waals surface area contributed by atoms with Crippen molar-refractivity contribution in [1.29, 1.82) is 0 Å². The van der Waals surface area contributed by atoms with Gasteiger partial charge in [0.25, 0.3) is 0 Å². The van der Waals surface area contributed by atoms with E-state index < -0.39 is 0 Å². The van der Waals surface area contributed by atoms with Crippen LogP contribution in [-0.2, 0) is 6.54 Å². The first-order chi connectivity index (χ1) is 6.79. The minimum Gasteiger partial charge on any atom is -0.366 e. The third-order valence-corrected chi connectivity index (χ3v) is 2.49. The Hall–Kier alpha value is -0.800. The van der Waals surface area contributed by atoms with Gasteiger partial charge in [0.2, 0.25) is 0 Å². The molecule has 1 heterocycles. The van der Waals surface area contributed by atoms with Crippen LogP contribution in [0.4, 0.5) is 5.82 Å². The average molecular weight is 212 g/mol.